The first kappa shape index (κ1) is 15.7. The molecule has 0 unspecified atom stereocenters. The zero-order chi connectivity index (χ0) is 16.3. The van der Waals surface area contributed by atoms with Crippen molar-refractivity contribution in [2.45, 2.75) is 6.92 Å². The summed E-state index contributed by atoms with van der Waals surface area (Å²) in [6.45, 7) is 1.73. The fraction of sp³-hybridized carbons (Fsp3) is 0.250. The van der Waals surface area contributed by atoms with E-state index in [1.54, 1.807) is 18.2 Å². The average Bonchev–Trinajstić information content (AvgIpc) is 2.92. The molecule has 2 heterocycles. The van der Waals surface area contributed by atoms with Gasteiger partial charge in [0.1, 0.15) is 16.4 Å². The van der Waals surface area contributed by atoms with Crippen LogP contribution in [-0.4, -0.2) is 40.2 Å². The van der Waals surface area contributed by atoms with Crippen LogP contribution < -0.4 is 5.43 Å². The summed E-state index contributed by atoms with van der Waals surface area (Å²) >= 11 is 6.05. The van der Waals surface area contributed by atoms with Crippen LogP contribution in [0.2, 0.25) is 5.15 Å². The molecule has 0 radical (unpaired) electrons. The molecule has 0 aliphatic rings. The highest BCUT2D eigenvalue weighted by Gasteiger charge is 2.17. The molecule has 0 spiro atoms. The first-order chi connectivity index (χ1) is 10.4. The van der Waals surface area contributed by atoms with E-state index >= 15 is 0 Å². The number of hydrogen-bond donors (Lipinski definition) is 1. The fourth-order valence-electron chi connectivity index (χ4n) is 1.46. The van der Waals surface area contributed by atoms with Gasteiger partial charge in [0.25, 0.3) is 0 Å². The van der Waals surface area contributed by atoms with Crippen molar-refractivity contribution in [3.8, 4) is 11.6 Å². The first-order valence-electron chi connectivity index (χ1n) is 6.13. The van der Waals surface area contributed by atoms with Gasteiger partial charge in [-0.1, -0.05) is 11.6 Å². The number of aromatic nitrogens is 2. The summed E-state index contributed by atoms with van der Waals surface area (Å²) < 4.78 is 5.07. The van der Waals surface area contributed by atoms with E-state index in [0.717, 1.165) is 0 Å². The van der Waals surface area contributed by atoms with Crippen molar-refractivity contribution in [3.63, 3.8) is 0 Å². The number of hydrazone groups is 1. The van der Waals surface area contributed by atoms with Crippen LogP contribution in [0.1, 0.15) is 5.56 Å². The van der Waals surface area contributed by atoms with Gasteiger partial charge in [0.15, 0.2) is 17.4 Å². The highest BCUT2D eigenvalue weighted by molar-refractivity contribution is 6.30. The highest BCUT2D eigenvalue weighted by atomic mass is 35.5. The lowest BCUT2D eigenvalue weighted by atomic mass is 10.3. The Morgan fingerprint density at radius 2 is 2.18 bits per heavy atom. The second-order valence-electron chi connectivity index (χ2n) is 4.53. The topological polar surface area (TPSA) is 110 Å². The molecule has 0 atom stereocenters. The predicted octanol–water partition coefficient (Wildman–Crippen LogP) is 2.52. The molecule has 0 saturated heterocycles. The summed E-state index contributed by atoms with van der Waals surface area (Å²) in [5, 5.41) is 14.8. The summed E-state index contributed by atoms with van der Waals surface area (Å²) in [6, 6.07) is 2.63. The molecule has 0 aliphatic heterocycles. The molecule has 2 rings (SSSR count). The third-order valence-electron chi connectivity index (χ3n) is 2.54. The molecule has 1 N–H and O–H groups in total. The summed E-state index contributed by atoms with van der Waals surface area (Å²) in [6.07, 6.45) is 1.55. The lowest BCUT2D eigenvalue weighted by Crippen LogP contribution is -2.10. The molecular weight excluding hydrogens is 312 g/mol. The second-order valence-corrected chi connectivity index (χ2v) is 4.88. The van der Waals surface area contributed by atoms with Gasteiger partial charge in [-0.2, -0.15) is 5.10 Å². The van der Waals surface area contributed by atoms with E-state index < -0.39 is 10.8 Å². The minimum atomic E-state index is -0.639. The Morgan fingerprint density at radius 3 is 2.77 bits per heavy atom. The molecule has 0 saturated carbocycles. The van der Waals surface area contributed by atoms with Crippen LogP contribution in [0.25, 0.3) is 11.6 Å². The molecular formula is C12H13ClN6O3. The van der Waals surface area contributed by atoms with Crippen LogP contribution in [0.5, 0.6) is 0 Å². The second kappa shape index (κ2) is 6.39. The van der Waals surface area contributed by atoms with E-state index in [-0.39, 0.29) is 16.7 Å². The van der Waals surface area contributed by atoms with E-state index in [1.165, 1.54) is 12.1 Å². The Hall–Kier alpha value is -2.68. The molecule has 0 aromatic carbocycles. The van der Waals surface area contributed by atoms with E-state index in [1.807, 2.05) is 14.1 Å². The van der Waals surface area contributed by atoms with E-state index in [4.69, 9.17) is 16.0 Å². The number of hydrogen-bond acceptors (Lipinski definition) is 7. The molecule has 9 nitrogen and oxygen atoms in total. The molecule has 0 fully saturated rings. The summed E-state index contributed by atoms with van der Waals surface area (Å²) in [7, 11) is 3.64. The Morgan fingerprint density at radius 1 is 1.45 bits per heavy atom. The zero-order valence-electron chi connectivity index (χ0n) is 12.1. The van der Waals surface area contributed by atoms with Gasteiger partial charge < -0.3 is 9.32 Å². The Bertz CT molecular complexity index is 728. The molecule has 2 aromatic rings. The van der Waals surface area contributed by atoms with Gasteiger partial charge >= 0.3 is 5.88 Å². The largest absolute Gasteiger partial charge is 0.433 e. The normalized spacial score (nSPS) is 10.9. The molecule has 0 amide bonds. The number of nitrogens with zero attached hydrogens (tertiary/aromatic N) is 5. The Labute approximate surface area is 130 Å². The number of halogens is 1. The first-order valence-corrected chi connectivity index (χ1v) is 6.50. The minimum Gasteiger partial charge on any atom is -0.397 e. The monoisotopic (exact) mass is 324 g/mol. The predicted molar refractivity (Wildman–Crippen MR) is 81.9 cm³/mol. The molecule has 0 aliphatic carbocycles. The van der Waals surface area contributed by atoms with E-state index in [9.17, 15) is 10.1 Å². The smallest absolute Gasteiger partial charge is 0.397 e. The standard InChI is InChI=1S/C12H13ClN6O3/c1-7-10(13)15-12(8-4-5-9(22-8)19(20)21)16-11(7)17-14-6-18(2)3/h4-6H,1-3H3,(H,15,16,17). The molecule has 10 heteroatoms. The lowest BCUT2D eigenvalue weighted by molar-refractivity contribution is -0.401. The van der Waals surface area contributed by atoms with E-state index in [0.29, 0.717) is 11.4 Å². The van der Waals surface area contributed by atoms with Crippen LogP contribution in [0.3, 0.4) is 0 Å². The van der Waals surface area contributed by atoms with E-state index in [2.05, 4.69) is 20.5 Å². The van der Waals surface area contributed by atoms with Crippen molar-refractivity contribution in [1.82, 2.24) is 14.9 Å². The molecule has 2 aromatic heterocycles. The lowest BCUT2D eigenvalue weighted by Gasteiger charge is -2.08. The summed E-state index contributed by atoms with van der Waals surface area (Å²) in [5.74, 6) is 0.266. The van der Waals surface area contributed by atoms with Crippen molar-refractivity contribution in [2.75, 3.05) is 19.5 Å². The van der Waals surface area contributed by atoms with Gasteiger partial charge in [-0.3, -0.25) is 15.5 Å². The van der Waals surface area contributed by atoms with Gasteiger partial charge in [-0.25, -0.2) is 9.97 Å². The van der Waals surface area contributed by atoms with Crippen LogP contribution >= 0.6 is 11.6 Å². The highest BCUT2D eigenvalue weighted by Crippen LogP contribution is 2.28. The average molecular weight is 325 g/mol. The van der Waals surface area contributed by atoms with Crippen LogP contribution in [0.15, 0.2) is 21.7 Å². The molecule has 0 bridgehead atoms. The van der Waals surface area contributed by atoms with Crippen molar-refractivity contribution in [2.24, 2.45) is 5.10 Å². The van der Waals surface area contributed by atoms with Gasteiger partial charge in [0.05, 0.1) is 6.07 Å². The number of nitrogens with one attached hydrogen (secondary N) is 1. The van der Waals surface area contributed by atoms with Gasteiger partial charge in [0, 0.05) is 19.7 Å². The minimum absolute atomic E-state index is 0.131. The van der Waals surface area contributed by atoms with Crippen LogP contribution in [0.4, 0.5) is 11.7 Å². The van der Waals surface area contributed by atoms with Crippen molar-refractivity contribution in [3.05, 3.63) is 33.0 Å². The van der Waals surface area contributed by atoms with Crippen LogP contribution in [0, 0.1) is 17.0 Å². The maximum absolute atomic E-state index is 10.6. The zero-order valence-corrected chi connectivity index (χ0v) is 12.8. The quantitative estimate of drug-likeness (QED) is 0.296. The number of furan rings is 1. The number of rotatable bonds is 5. The van der Waals surface area contributed by atoms with Crippen molar-refractivity contribution in [1.29, 1.82) is 0 Å². The van der Waals surface area contributed by atoms with Gasteiger partial charge in [0.2, 0.25) is 0 Å². The van der Waals surface area contributed by atoms with Crippen molar-refractivity contribution < 1.29 is 9.34 Å². The molecule has 22 heavy (non-hydrogen) atoms. The van der Waals surface area contributed by atoms with Gasteiger partial charge in [-0.05, 0) is 13.0 Å². The maximum Gasteiger partial charge on any atom is 0.433 e. The van der Waals surface area contributed by atoms with Gasteiger partial charge in [-0.15, -0.1) is 0 Å². The third kappa shape index (κ3) is 3.50. The summed E-state index contributed by atoms with van der Waals surface area (Å²) in [4.78, 5) is 20.0. The SMILES string of the molecule is Cc1c(Cl)nc(-c2ccc([N+](=O)[O-])o2)nc1NN=CN(C)C. The van der Waals surface area contributed by atoms with Crippen LogP contribution in [-0.2, 0) is 0 Å². The Balaban J connectivity index is 2.36. The third-order valence-corrected chi connectivity index (χ3v) is 2.91. The fourth-order valence-corrected chi connectivity index (χ4v) is 1.63. The number of anilines is 1. The number of nitro groups is 1. The summed E-state index contributed by atoms with van der Waals surface area (Å²) in [5.41, 5.74) is 3.34. The Kier molecular flexibility index (Phi) is 4.56. The van der Waals surface area contributed by atoms with Crippen molar-refractivity contribution >= 4 is 29.6 Å². The molecule has 116 valence electrons. The maximum atomic E-state index is 10.6.